The summed E-state index contributed by atoms with van der Waals surface area (Å²) in [5, 5.41) is 0. The van der Waals surface area contributed by atoms with Crippen molar-refractivity contribution in [3.8, 4) is 0 Å². The molecule has 0 spiro atoms. The van der Waals surface area contributed by atoms with Gasteiger partial charge in [0.1, 0.15) is 13.4 Å². The summed E-state index contributed by atoms with van der Waals surface area (Å²) in [5.41, 5.74) is 0.484. The van der Waals surface area contributed by atoms with Crippen LogP contribution in [0.5, 0.6) is 0 Å². The molecule has 0 aromatic carbocycles. The van der Waals surface area contributed by atoms with E-state index in [4.69, 9.17) is 0 Å². The largest absolute Gasteiger partial charge is 0.251 e. The Kier molecular flexibility index (Phi) is 4.33. The summed E-state index contributed by atoms with van der Waals surface area (Å²) >= 11 is 0. The Morgan fingerprint density at radius 2 is 1.80 bits per heavy atom. The first kappa shape index (κ1) is 10.8. The molecule has 0 bridgehead atoms. The molecule has 0 amide bonds. The highest BCUT2D eigenvalue weighted by atomic mass is 31.2. The normalized spacial score (nSPS) is 18.0. The SMILES string of the molecule is CC(C)[P+](C)(O)CP(C)C. The smallest absolute Gasteiger partial charge is 0.145 e. The molecular weight excluding hydrogens is 162 g/mol. The summed E-state index contributed by atoms with van der Waals surface area (Å²) in [4.78, 5) is 9.89. The van der Waals surface area contributed by atoms with Crippen LogP contribution in [0.15, 0.2) is 0 Å². The summed E-state index contributed by atoms with van der Waals surface area (Å²) in [7, 11) is -1.46. The third-order valence-electron chi connectivity index (χ3n) is 1.68. The van der Waals surface area contributed by atoms with Crippen molar-refractivity contribution in [2.75, 3.05) is 25.9 Å². The maximum atomic E-state index is 9.89. The van der Waals surface area contributed by atoms with Gasteiger partial charge in [-0.1, -0.05) is 7.92 Å². The minimum Gasteiger partial charge on any atom is -0.251 e. The lowest BCUT2D eigenvalue weighted by Crippen LogP contribution is -2.06. The van der Waals surface area contributed by atoms with Crippen LogP contribution in [-0.2, 0) is 0 Å². The molecule has 0 rings (SSSR count). The van der Waals surface area contributed by atoms with E-state index in [1.165, 1.54) is 0 Å². The van der Waals surface area contributed by atoms with Gasteiger partial charge in [0, 0.05) is 0 Å². The Hall–Kier alpha value is 0.820. The second kappa shape index (κ2) is 4.00. The maximum absolute atomic E-state index is 9.89. The first-order valence-corrected chi connectivity index (χ1v) is 8.45. The summed E-state index contributed by atoms with van der Waals surface area (Å²) in [5.74, 6) is 1.07. The van der Waals surface area contributed by atoms with E-state index in [0.29, 0.717) is 5.66 Å². The fourth-order valence-corrected chi connectivity index (χ4v) is 6.62. The second-order valence-electron chi connectivity index (χ2n) is 3.53. The van der Waals surface area contributed by atoms with Crippen molar-refractivity contribution >= 4 is 15.4 Å². The van der Waals surface area contributed by atoms with Crippen LogP contribution in [0.25, 0.3) is 0 Å². The van der Waals surface area contributed by atoms with Crippen molar-refractivity contribution < 1.29 is 4.89 Å². The fourth-order valence-electron chi connectivity index (χ4n) is 0.736. The molecule has 0 saturated heterocycles. The van der Waals surface area contributed by atoms with Crippen molar-refractivity contribution in [2.24, 2.45) is 0 Å². The van der Waals surface area contributed by atoms with Crippen LogP contribution in [-0.4, -0.2) is 36.4 Å². The van der Waals surface area contributed by atoms with Gasteiger partial charge in [-0.3, -0.25) is 4.89 Å². The van der Waals surface area contributed by atoms with Gasteiger partial charge < -0.3 is 0 Å². The summed E-state index contributed by atoms with van der Waals surface area (Å²) in [6, 6.07) is 0. The molecule has 1 atom stereocenters. The standard InChI is InChI=1S/C7H19OP2/c1-7(2)10(5,8)6-9(3)4/h7-8H,6H2,1-5H3/q+1. The van der Waals surface area contributed by atoms with Crippen LogP contribution >= 0.6 is 15.4 Å². The highest BCUT2D eigenvalue weighted by Gasteiger charge is 2.33. The van der Waals surface area contributed by atoms with Gasteiger partial charge in [0.2, 0.25) is 0 Å². The molecular formula is C7H19OP2+. The topological polar surface area (TPSA) is 20.2 Å². The molecule has 0 fully saturated rings. The van der Waals surface area contributed by atoms with E-state index in [1.807, 2.05) is 6.66 Å². The molecule has 0 aliphatic carbocycles. The molecule has 1 nitrogen and oxygen atoms in total. The molecule has 0 aliphatic rings. The lowest BCUT2D eigenvalue weighted by Gasteiger charge is -2.20. The molecule has 0 aromatic rings. The van der Waals surface area contributed by atoms with Crippen molar-refractivity contribution in [2.45, 2.75) is 19.5 Å². The second-order valence-corrected chi connectivity index (χ2v) is 10.3. The molecule has 62 valence electrons. The van der Waals surface area contributed by atoms with E-state index in [0.717, 1.165) is 5.90 Å². The average Bonchev–Trinajstić information content (AvgIpc) is 1.60. The van der Waals surface area contributed by atoms with Gasteiger partial charge in [0.15, 0.2) is 0 Å². The highest BCUT2D eigenvalue weighted by Crippen LogP contribution is 2.61. The minimum absolute atomic E-state index is 0.0784. The average molecular weight is 181 g/mol. The predicted molar refractivity (Wildman–Crippen MR) is 53.8 cm³/mol. The molecule has 0 aliphatic heterocycles. The monoisotopic (exact) mass is 181 g/mol. The Morgan fingerprint density at radius 1 is 1.40 bits per heavy atom. The molecule has 0 heterocycles. The predicted octanol–water partition coefficient (Wildman–Crippen LogP) is 2.65. The van der Waals surface area contributed by atoms with Crippen molar-refractivity contribution in [1.29, 1.82) is 0 Å². The first-order valence-electron chi connectivity index (χ1n) is 3.59. The zero-order chi connectivity index (χ0) is 8.36. The van der Waals surface area contributed by atoms with Crippen molar-refractivity contribution in [3.63, 3.8) is 0 Å². The van der Waals surface area contributed by atoms with Gasteiger partial charge in [0.25, 0.3) is 0 Å². The molecule has 3 heteroatoms. The molecule has 10 heavy (non-hydrogen) atoms. The Bertz CT molecular complexity index is 99.8. The van der Waals surface area contributed by atoms with Gasteiger partial charge >= 0.3 is 0 Å². The highest BCUT2D eigenvalue weighted by molar-refractivity contribution is 7.81. The van der Waals surface area contributed by atoms with Crippen molar-refractivity contribution in [3.05, 3.63) is 0 Å². The Labute approximate surface area is 66.4 Å². The fraction of sp³-hybridized carbons (Fsp3) is 1.00. The molecule has 0 radical (unpaired) electrons. The van der Waals surface area contributed by atoms with E-state index in [9.17, 15) is 4.89 Å². The summed E-state index contributed by atoms with van der Waals surface area (Å²) in [6.07, 6.45) is 0. The Balaban J connectivity index is 3.87. The summed E-state index contributed by atoms with van der Waals surface area (Å²) in [6.45, 7) is 10.7. The van der Waals surface area contributed by atoms with E-state index in [1.54, 1.807) is 0 Å². The molecule has 0 saturated carbocycles. The van der Waals surface area contributed by atoms with Crippen LogP contribution < -0.4 is 0 Å². The lowest BCUT2D eigenvalue weighted by molar-refractivity contribution is 0.598. The van der Waals surface area contributed by atoms with E-state index < -0.39 is 7.49 Å². The zero-order valence-electron chi connectivity index (χ0n) is 7.63. The van der Waals surface area contributed by atoms with Gasteiger partial charge in [-0.15, -0.1) is 0 Å². The minimum atomic E-state index is -1.54. The maximum Gasteiger partial charge on any atom is 0.145 e. The van der Waals surface area contributed by atoms with Crippen LogP contribution in [0.4, 0.5) is 0 Å². The van der Waals surface area contributed by atoms with E-state index >= 15 is 0 Å². The zero-order valence-corrected chi connectivity index (χ0v) is 9.41. The van der Waals surface area contributed by atoms with Gasteiger partial charge in [0.05, 0.1) is 12.3 Å². The molecule has 1 unspecified atom stereocenters. The van der Waals surface area contributed by atoms with Crippen LogP contribution in [0.1, 0.15) is 13.8 Å². The van der Waals surface area contributed by atoms with Crippen molar-refractivity contribution in [1.82, 2.24) is 0 Å². The Morgan fingerprint density at radius 3 is 1.90 bits per heavy atom. The van der Waals surface area contributed by atoms with Gasteiger partial charge in [-0.25, -0.2) is 0 Å². The van der Waals surface area contributed by atoms with E-state index in [2.05, 4.69) is 27.2 Å². The van der Waals surface area contributed by atoms with Crippen LogP contribution in [0, 0.1) is 0 Å². The third kappa shape index (κ3) is 3.86. The summed E-state index contributed by atoms with van der Waals surface area (Å²) < 4.78 is 0. The van der Waals surface area contributed by atoms with Gasteiger partial charge in [-0.05, 0) is 27.2 Å². The number of rotatable bonds is 3. The quantitative estimate of drug-likeness (QED) is 0.663. The van der Waals surface area contributed by atoms with Crippen LogP contribution in [0.3, 0.4) is 0 Å². The molecule has 0 aromatic heterocycles. The number of hydrogen-bond donors (Lipinski definition) is 1. The molecule has 1 N–H and O–H groups in total. The van der Waals surface area contributed by atoms with Crippen LogP contribution in [0.2, 0.25) is 0 Å². The lowest BCUT2D eigenvalue weighted by atomic mass is 10.6. The number of hydrogen-bond acceptors (Lipinski definition) is 1. The first-order chi connectivity index (χ1) is 4.36. The third-order valence-corrected chi connectivity index (χ3v) is 8.46. The van der Waals surface area contributed by atoms with E-state index in [-0.39, 0.29) is 7.92 Å². The van der Waals surface area contributed by atoms with Gasteiger partial charge in [-0.2, -0.15) is 0 Å².